The van der Waals surface area contributed by atoms with Gasteiger partial charge in [0.05, 0.1) is 10.4 Å². The summed E-state index contributed by atoms with van der Waals surface area (Å²) in [7, 11) is 0. The predicted molar refractivity (Wildman–Crippen MR) is 81.5 cm³/mol. The third kappa shape index (κ3) is 3.84. The van der Waals surface area contributed by atoms with Gasteiger partial charge in [0, 0.05) is 4.88 Å². The highest BCUT2D eigenvalue weighted by molar-refractivity contribution is 7.16. The van der Waals surface area contributed by atoms with E-state index in [4.69, 9.17) is 11.6 Å². The normalized spacial score (nSPS) is 18.2. The van der Waals surface area contributed by atoms with E-state index in [9.17, 15) is 0 Å². The minimum atomic E-state index is 0.389. The minimum Gasteiger partial charge on any atom is -0.306 e. The Morgan fingerprint density at radius 1 is 1.33 bits per heavy atom. The summed E-state index contributed by atoms with van der Waals surface area (Å²) in [5, 5.41) is 3.68. The largest absolute Gasteiger partial charge is 0.306 e. The van der Waals surface area contributed by atoms with Crippen molar-refractivity contribution < 1.29 is 0 Å². The topological polar surface area (TPSA) is 12.0 Å². The molecule has 100 valence electrons. The summed E-state index contributed by atoms with van der Waals surface area (Å²) in [5.41, 5.74) is 1.57. The summed E-state index contributed by atoms with van der Waals surface area (Å²) in [5.74, 6) is 0. The summed E-state index contributed by atoms with van der Waals surface area (Å²) < 4.78 is 0.891. The van der Waals surface area contributed by atoms with Crippen molar-refractivity contribution in [2.75, 3.05) is 6.54 Å². The van der Waals surface area contributed by atoms with Crippen LogP contribution in [0.25, 0.3) is 0 Å². The van der Waals surface area contributed by atoms with Gasteiger partial charge in [-0.2, -0.15) is 0 Å². The van der Waals surface area contributed by atoms with E-state index < -0.39 is 0 Å². The van der Waals surface area contributed by atoms with Crippen molar-refractivity contribution in [1.82, 2.24) is 5.32 Å². The third-order valence-corrected chi connectivity index (χ3v) is 4.72. The van der Waals surface area contributed by atoms with E-state index in [2.05, 4.69) is 24.4 Å². The highest BCUT2D eigenvalue weighted by Crippen LogP contribution is 2.34. The fraction of sp³-hybridized carbons (Fsp3) is 0.600. The fourth-order valence-electron chi connectivity index (χ4n) is 2.49. The average molecular weight is 284 g/mol. The van der Waals surface area contributed by atoms with Crippen LogP contribution < -0.4 is 5.32 Å². The second-order valence-electron chi connectivity index (χ2n) is 4.91. The number of rotatable bonds is 5. The first kappa shape index (κ1) is 14.1. The monoisotopic (exact) mass is 283 g/mol. The molecule has 1 atom stereocenters. The summed E-state index contributed by atoms with van der Waals surface area (Å²) in [6.07, 6.45) is 10.1. The van der Waals surface area contributed by atoms with Gasteiger partial charge in [0.2, 0.25) is 0 Å². The van der Waals surface area contributed by atoms with Crippen LogP contribution in [-0.4, -0.2) is 6.54 Å². The zero-order chi connectivity index (χ0) is 12.8. The number of thiophene rings is 1. The number of hydrogen-bond donors (Lipinski definition) is 1. The molecule has 0 bridgehead atoms. The lowest BCUT2D eigenvalue weighted by Crippen LogP contribution is -2.23. The van der Waals surface area contributed by atoms with Crippen LogP contribution in [0, 0.1) is 0 Å². The molecule has 0 spiro atoms. The van der Waals surface area contributed by atoms with Crippen molar-refractivity contribution in [1.29, 1.82) is 0 Å². The van der Waals surface area contributed by atoms with Crippen molar-refractivity contribution in [3.05, 3.63) is 33.0 Å². The highest BCUT2D eigenvalue weighted by atomic mass is 35.5. The standard InChI is InChI=1S/C15H22ClNS/c1-2-11-17-15(13-9-10-14(16)18-13)12-7-5-3-4-6-8-12/h7,9-10,15,17H,2-6,8,11H2,1H3. The summed E-state index contributed by atoms with van der Waals surface area (Å²) in [4.78, 5) is 1.36. The van der Waals surface area contributed by atoms with Crippen LogP contribution in [0.2, 0.25) is 4.34 Å². The Kier molecular flexibility index (Phi) is 5.74. The van der Waals surface area contributed by atoms with Crippen LogP contribution >= 0.6 is 22.9 Å². The molecule has 0 amide bonds. The summed E-state index contributed by atoms with van der Waals surface area (Å²) in [6.45, 7) is 3.28. The molecule has 0 aliphatic heterocycles. The lowest BCUT2D eigenvalue weighted by molar-refractivity contribution is 0.573. The molecule has 0 radical (unpaired) electrons. The molecular formula is C15H22ClNS. The van der Waals surface area contributed by atoms with Crippen LogP contribution in [-0.2, 0) is 0 Å². The quantitative estimate of drug-likeness (QED) is 0.720. The molecule has 1 aromatic rings. The van der Waals surface area contributed by atoms with Crippen LogP contribution in [0.15, 0.2) is 23.8 Å². The number of nitrogens with one attached hydrogen (secondary N) is 1. The molecule has 1 N–H and O–H groups in total. The molecular weight excluding hydrogens is 262 g/mol. The molecule has 1 aliphatic carbocycles. The smallest absolute Gasteiger partial charge is 0.0931 e. The maximum Gasteiger partial charge on any atom is 0.0931 e. The second kappa shape index (κ2) is 7.32. The van der Waals surface area contributed by atoms with Gasteiger partial charge < -0.3 is 5.32 Å². The molecule has 18 heavy (non-hydrogen) atoms. The first-order valence-electron chi connectivity index (χ1n) is 6.99. The van der Waals surface area contributed by atoms with Gasteiger partial charge in [-0.1, -0.05) is 36.6 Å². The predicted octanol–water partition coefficient (Wildman–Crippen LogP) is 5.33. The van der Waals surface area contributed by atoms with Crippen molar-refractivity contribution in [2.45, 2.75) is 51.5 Å². The van der Waals surface area contributed by atoms with Crippen LogP contribution in [0.3, 0.4) is 0 Å². The Morgan fingerprint density at radius 2 is 2.22 bits per heavy atom. The Hall–Kier alpha value is -0.310. The molecule has 2 rings (SSSR count). The highest BCUT2D eigenvalue weighted by Gasteiger charge is 2.18. The van der Waals surface area contributed by atoms with Crippen LogP contribution in [0.5, 0.6) is 0 Å². The molecule has 1 unspecified atom stereocenters. The molecule has 1 aliphatic rings. The maximum atomic E-state index is 6.08. The van der Waals surface area contributed by atoms with Crippen molar-refractivity contribution in [3.63, 3.8) is 0 Å². The average Bonchev–Trinajstić information content (AvgIpc) is 2.65. The van der Waals surface area contributed by atoms with E-state index in [0.717, 1.165) is 10.9 Å². The second-order valence-corrected chi connectivity index (χ2v) is 6.65. The summed E-state index contributed by atoms with van der Waals surface area (Å²) in [6, 6.07) is 4.58. The van der Waals surface area contributed by atoms with Crippen LogP contribution in [0.1, 0.15) is 56.4 Å². The first-order valence-corrected chi connectivity index (χ1v) is 8.18. The van der Waals surface area contributed by atoms with Crippen molar-refractivity contribution >= 4 is 22.9 Å². The van der Waals surface area contributed by atoms with Crippen LogP contribution in [0.4, 0.5) is 0 Å². The Labute approximate surface area is 119 Å². The zero-order valence-electron chi connectivity index (χ0n) is 11.0. The molecule has 0 fully saturated rings. The molecule has 0 aromatic carbocycles. The summed E-state index contributed by atoms with van der Waals surface area (Å²) >= 11 is 7.79. The van der Waals surface area contributed by atoms with Gasteiger partial charge in [0.1, 0.15) is 0 Å². The molecule has 3 heteroatoms. The van der Waals surface area contributed by atoms with Gasteiger partial charge >= 0.3 is 0 Å². The molecule has 0 saturated carbocycles. The van der Waals surface area contributed by atoms with Gasteiger partial charge in [-0.15, -0.1) is 11.3 Å². The molecule has 1 heterocycles. The lowest BCUT2D eigenvalue weighted by Gasteiger charge is -2.20. The lowest BCUT2D eigenvalue weighted by atomic mass is 10.0. The molecule has 0 saturated heterocycles. The Balaban J connectivity index is 2.15. The third-order valence-electron chi connectivity index (χ3n) is 3.42. The van der Waals surface area contributed by atoms with Gasteiger partial charge in [0.15, 0.2) is 0 Å². The molecule has 1 nitrogen and oxygen atoms in total. The van der Waals surface area contributed by atoms with E-state index in [1.165, 1.54) is 43.4 Å². The number of allylic oxidation sites excluding steroid dienone is 1. The number of hydrogen-bond acceptors (Lipinski definition) is 2. The zero-order valence-corrected chi connectivity index (χ0v) is 12.6. The van der Waals surface area contributed by atoms with Gasteiger partial charge in [-0.3, -0.25) is 0 Å². The Morgan fingerprint density at radius 3 is 2.94 bits per heavy atom. The molecule has 1 aromatic heterocycles. The first-order chi connectivity index (χ1) is 8.81. The maximum absolute atomic E-state index is 6.08. The van der Waals surface area contributed by atoms with E-state index in [1.807, 2.05) is 6.07 Å². The van der Waals surface area contributed by atoms with Gasteiger partial charge in [-0.25, -0.2) is 0 Å². The van der Waals surface area contributed by atoms with Gasteiger partial charge in [0.25, 0.3) is 0 Å². The minimum absolute atomic E-state index is 0.389. The van der Waals surface area contributed by atoms with E-state index in [1.54, 1.807) is 16.9 Å². The van der Waals surface area contributed by atoms with Gasteiger partial charge in [-0.05, 0) is 50.8 Å². The van der Waals surface area contributed by atoms with Crippen molar-refractivity contribution in [2.24, 2.45) is 0 Å². The Bertz CT molecular complexity index is 397. The SMILES string of the molecule is CCCNC(C1=CCCCCC1)c1ccc(Cl)s1. The fourth-order valence-corrected chi connectivity index (χ4v) is 3.67. The van der Waals surface area contributed by atoms with E-state index >= 15 is 0 Å². The van der Waals surface area contributed by atoms with E-state index in [-0.39, 0.29) is 0 Å². The van der Waals surface area contributed by atoms with Crippen molar-refractivity contribution in [3.8, 4) is 0 Å². The number of halogens is 1. The van der Waals surface area contributed by atoms with E-state index in [0.29, 0.717) is 6.04 Å².